The van der Waals surface area contributed by atoms with Crippen molar-refractivity contribution in [2.75, 3.05) is 6.54 Å². The number of hydrogen-bond acceptors (Lipinski definition) is 6. The number of carbonyl (C=O) groups excluding carboxylic acids is 2. The molecule has 0 aromatic carbocycles. The van der Waals surface area contributed by atoms with Crippen molar-refractivity contribution in [2.45, 2.75) is 117 Å². The number of unbranched alkanes of at least 4 members (excludes halogenated alkanes) is 8. The third-order valence-corrected chi connectivity index (χ3v) is 6.16. The Kier molecular flexibility index (Phi) is 18.3. The molecule has 0 rings (SSSR count). The van der Waals surface area contributed by atoms with E-state index in [-0.39, 0.29) is 24.7 Å². The Morgan fingerprint density at radius 2 is 1.60 bits per heavy atom. The van der Waals surface area contributed by atoms with Crippen molar-refractivity contribution in [1.82, 2.24) is 5.32 Å². The molecule has 0 aliphatic carbocycles. The van der Waals surface area contributed by atoms with Crippen molar-refractivity contribution in [3.05, 3.63) is 41.0 Å². The second-order valence-corrected chi connectivity index (χ2v) is 11.9. The van der Waals surface area contributed by atoms with Gasteiger partial charge in [-0.2, -0.15) is 0 Å². The molecule has 0 fully saturated rings. The van der Waals surface area contributed by atoms with Gasteiger partial charge in [-0.15, -0.1) is 4.91 Å². The van der Waals surface area contributed by atoms with E-state index >= 15 is 0 Å². The molecular formula is C28H48N2O4S. The van der Waals surface area contributed by atoms with Crippen LogP contribution < -0.4 is 5.32 Å². The summed E-state index contributed by atoms with van der Waals surface area (Å²) >= 11 is 0.895. The molecule has 1 N–H and O–H groups in total. The smallest absolute Gasteiger partial charge is 0.311 e. The standard InChI is InChI=1S/C28H48N2O4S/c1-7-9-11-12-13-14-15-16-17-18-20-24(19-10-8-2)34-26(32)22-27(3,4)21-25(31)29-23-28(5,6)35-30-33/h8,10,18-20H,7,9,11-17,21-23H2,1-6H3,(H,29,31). The minimum atomic E-state index is -0.562. The SMILES string of the molecule is CC=CC=C(C=CCCCCCCCCCC)OC(=O)CC(C)(C)CC(=O)NCC(C)(C)SN=O. The highest BCUT2D eigenvalue weighted by Gasteiger charge is 2.28. The molecule has 0 aromatic heterocycles. The normalized spacial score (nSPS) is 12.9. The summed E-state index contributed by atoms with van der Waals surface area (Å²) in [5, 5.41) is 2.82. The summed E-state index contributed by atoms with van der Waals surface area (Å²) in [5.41, 5.74) is -0.562. The number of nitrogens with zero attached hydrogens (tertiary/aromatic N) is 1. The van der Waals surface area contributed by atoms with Crippen LogP contribution in [0.4, 0.5) is 0 Å². The molecule has 0 radical (unpaired) electrons. The molecular weight excluding hydrogens is 460 g/mol. The molecule has 0 aliphatic heterocycles. The van der Waals surface area contributed by atoms with E-state index in [0.717, 1.165) is 24.8 Å². The van der Waals surface area contributed by atoms with E-state index in [1.165, 1.54) is 44.9 Å². The molecule has 6 nitrogen and oxygen atoms in total. The van der Waals surface area contributed by atoms with Gasteiger partial charge in [-0.05, 0) is 51.2 Å². The van der Waals surface area contributed by atoms with E-state index in [2.05, 4.69) is 22.9 Å². The number of hydrogen-bond donors (Lipinski definition) is 1. The third kappa shape index (κ3) is 20.0. The molecule has 1 amide bonds. The molecule has 0 bridgehead atoms. The van der Waals surface area contributed by atoms with Crippen LogP contribution in [0.15, 0.2) is 40.7 Å². The van der Waals surface area contributed by atoms with Crippen molar-refractivity contribution in [3.63, 3.8) is 0 Å². The minimum absolute atomic E-state index is 0.119. The zero-order valence-corrected chi connectivity index (χ0v) is 23.7. The number of rotatable bonds is 20. The Bertz CT molecular complexity index is 712. The first kappa shape index (κ1) is 33.1. The molecule has 0 unspecified atom stereocenters. The van der Waals surface area contributed by atoms with Gasteiger partial charge in [0, 0.05) is 29.5 Å². The third-order valence-electron chi connectivity index (χ3n) is 5.45. The van der Waals surface area contributed by atoms with Gasteiger partial charge in [0.25, 0.3) is 0 Å². The van der Waals surface area contributed by atoms with Gasteiger partial charge in [-0.25, -0.2) is 0 Å². The van der Waals surface area contributed by atoms with E-state index in [1.54, 1.807) is 6.08 Å². The van der Waals surface area contributed by atoms with Crippen LogP contribution in [-0.4, -0.2) is 23.2 Å². The summed E-state index contributed by atoms with van der Waals surface area (Å²) in [5.74, 6) is -0.0262. The highest BCUT2D eigenvalue weighted by molar-refractivity contribution is 7.99. The maximum absolute atomic E-state index is 12.6. The molecule has 0 heterocycles. The maximum atomic E-state index is 12.6. The quantitative estimate of drug-likeness (QED) is 0.0447. The van der Waals surface area contributed by atoms with Gasteiger partial charge < -0.3 is 10.1 Å². The van der Waals surface area contributed by atoms with Crippen molar-refractivity contribution in [1.29, 1.82) is 0 Å². The minimum Gasteiger partial charge on any atom is -0.427 e. The highest BCUT2D eigenvalue weighted by atomic mass is 32.2. The Morgan fingerprint density at radius 1 is 0.971 bits per heavy atom. The van der Waals surface area contributed by atoms with Crippen LogP contribution in [0, 0.1) is 10.3 Å². The summed E-state index contributed by atoms with van der Waals surface area (Å²) in [6.07, 6.45) is 20.9. The van der Waals surface area contributed by atoms with Crippen LogP contribution in [0.25, 0.3) is 0 Å². The lowest BCUT2D eigenvalue weighted by Crippen LogP contribution is -2.38. The number of nitrogens with one attached hydrogen (secondary N) is 1. The number of amides is 1. The van der Waals surface area contributed by atoms with E-state index in [0.29, 0.717) is 12.3 Å². The number of nitroso groups, excluding NO2 is 1. The Hall–Kier alpha value is -1.89. The summed E-state index contributed by atoms with van der Waals surface area (Å²) < 4.78 is 7.96. The van der Waals surface area contributed by atoms with Gasteiger partial charge in [-0.1, -0.05) is 83.9 Å². The van der Waals surface area contributed by atoms with Gasteiger partial charge in [0.05, 0.1) is 11.2 Å². The molecule has 0 atom stereocenters. The lowest BCUT2D eigenvalue weighted by molar-refractivity contribution is -0.141. The van der Waals surface area contributed by atoms with Crippen molar-refractivity contribution < 1.29 is 14.3 Å². The summed E-state index contributed by atoms with van der Waals surface area (Å²) in [6.45, 7) is 11.9. The molecule has 0 aromatic rings. The molecule has 200 valence electrons. The van der Waals surface area contributed by atoms with Crippen molar-refractivity contribution in [3.8, 4) is 0 Å². The average molecular weight is 509 g/mol. The van der Waals surface area contributed by atoms with E-state index in [9.17, 15) is 14.5 Å². The Morgan fingerprint density at radius 3 is 2.20 bits per heavy atom. The number of esters is 1. The topological polar surface area (TPSA) is 84.8 Å². The highest BCUT2D eigenvalue weighted by Crippen LogP contribution is 2.27. The summed E-state index contributed by atoms with van der Waals surface area (Å²) in [7, 11) is 0. The molecule has 0 aliphatic rings. The van der Waals surface area contributed by atoms with Gasteiger partial charge in [0.1, 0.15) is 5.76 Å². The van der Waals surface area contributed by atoms with Gasteiger partial charge >= 0.3 is 5.97 Å². The zero-order chi connectivity index (χ0) is 26.6. The van der Waals surface area contributed by atoms with E-state index < -0.39 is 10.2 Å². The lowest BCUT2D eigenvalue weighted by Gasteiger charge is -2.25. The molecule has 35 heavy (non-hydrogen) atoms. The van der Waals surface area contributed by atoms with Crippen LogP contribution in [0.1, 0.15) is 112 Å². The summed E-state index contributed by atoms with van der Waals surface area (Å²) in [6, 6.07) is 0. The van der Waals surface area contributed by atoms with Crippen molar-refractivity contribution in [2.24, 2.45) is 10.00 Å². The fourth-order valence-electron chi connectivity index (χ4n) is 3.47. The van der Waals surface area contributed by atoms with Crippen LogP contribution in [0.3, 0.4) is 0 Å². The van der Waals surface area contributed by atoms with Gasteiger partial charge in [0.15, 0.2) is 0 Å². The zero-order valence-electron chi connectivity index (χ0n) is 22.9. The Labute approximate surface area is 217 Å². The van der Waals surface area contributed by atoms with Crippen LogP contribution in [0.2, 0.25) is 0 Å². The monoisotopic (exact) mass is 508 g/mol. The second kappa shape index (κ2) is 19.3. The molecule has 0 spiro atoms. The second-order valence-electron chi connectivity index (χ2n) is 10.5. The van der Waals surface area contributed by atoms with Gasteiger partial charge in [0.2, 0.25) is 5.91 Å². The average Bonchev–Trinajstić information content (AvgIpc) is 2.76. The predicted molar refractivity (Wildman–Crippen MR) is 149 cm³/mol. The molecule has 0 saturated heterocycles. The maximum Gasteiger partial charge on any atom is 0.311 e. The first-order valence-electron chi connectivity index (χ1n) is 13.0. The lowest BCUT2D eigenvalue weighted by atomic mass is 9.85. The molecule has 0 saturated carbocycles. The summed E-state index contributed by atoms with van der Waals surface area (Å²) in [4.78, 5) is 35.4. The van der Waals surface area contributed by atoms with Crippen LogP contribution in [0.5, 0.6) is 0 Å². The van der Waals surface area contributed by atoms with E-state index in [4.69, 9.17) is 4.74 Å². The van der Waals surface area contributed by atoms with Crippen LogP contribution >= 0.6 is 11.9 Å². The van der Waals surface area contributed by atoms with E-state index in [1.807, 2.05) is 52.8 Å². The fourth-order valence-corrected chi connectivity index (χ4v) is 3.81. The fraction of sp³-hybridized carbons (Fsp3) is 0.714. The van der Waals surface area contributed by atoms with Crippen molar-refractivity contribution >= 4 is 23.8 Å². The van der Waals surface area contributed by atoms with Crippen LogP contribution in [-0.2, 0) is 14.3 Å². The first-order chi connectivity index (χ1) is 16.5. The Balaban J connectivity index is 4.54. The predicted octanol–water partition coefficient (Wildman–Crippen LogP) is 8.19. The molecule has 7 heteroatoms. The first-order valence-corrected chi connectivity index (χ1v) is 13.8. The van der Waals surface area contributed by atoms with Gasteiger partial charge in [-0.3, -0.25) is 9.59 Å². The largest absolute Gasteiger partial charge is 0.427 e. The number of carbonyl (C=O) groups is 2. The number of allylic oxidation sites excluding steroid dienone is 5. The number of ether oxygens (including phenoxy) is 1.